The Morgan fingerprint density at radius 3 is 2.48 bits per heavy atom. The molecule has 0 saturated heterocycles. The first kappa shape index (κ1) is 17.2. The molecule has 130 valence electrons. The van der Waals surface area contributed by atoms with E-state index in [1.807, 2.05) is 37.3 Å². The van der Waals surface area contributed by atoms with Crippen molar-refractivity contribution < 1.29 is 13.2 Å². The van der Waals surface area contributed by atoms with E-state index >= 15 is 0 Å². The first-order valence-corrected chi connectivity index (χ1v) is 9.32. The van der Waals surface area contributed by atoms with E-state index in [-0.39, 0.29) is 29.2 Å². The summed E-state index contributed by atoms with van der Waals surface area (Å²) in [6.45, 7) is 1.92. The van der Waals surface area contributed by atoms with Crippen LogP contribution in [0.5, 0.6) is 0 Å². The minimum Gasteiger partial charge on any atom is -0.349 e. The Labute approximate surface area is 147 Å². The van der Waals surface area contributed by atoms with Crippen LogP contribution < -0.4 is 5.32 Å². The molecule has 0 unspecified atom stereocenters. The summed E-state index contributed by atoms with van der Waals surface area (Å²) in [6, 6.07) is 16.1. The van der Waals surface area contributed by atoms with Gasteiger partial charge in [-0.3, -0.25) is 4.79 Å². The summed E-state index contributed by atoms with van der Waals surface area (Å²) in [5, 5.41) is 2.91. The van der Waals surface area contributed by atoms with Crippen molar-refractivity contribution in [2.75, 3.05) is 13.6 Å². The van der Waals surface area contributed by atoms with Crippen LogP contribution in [0.4, 0.5) is 0 Å². The third-order valence-electron chi connectivity index (χ3n) is 4.03. The van der Waals surface area contributed by atoms with Crippen molar-refractivity contribution in [1.29, 1.82) is 0 Å². The van der Waals surface area contributed by atoms with Gasteiger partial charge in [0.05, 0.1) is 12.6 Å². The van der Waals surface area contributed by atoms with Crippen molar-refractivity contribution in [2.24, 2.45) is 4.40 Å². The molecule has 0 spiro atoms. The maximum atomic E-state index is 12.3. The van der Waals surface area contributed by atoms with Crippen LogP contribution in [0, 0.1) is 0 Å². The Morgan fingerprint density at radius 2 is 1.76 bits per heavy atom. The first-order valence-electron chi connectivity index (χ1n) is 7.88. The predicted octanol–water partition coefficient (Wildman–Crippen LogP) is 1.94. The Balaban J connectivity index is 1.71. The lowest BCUT2D eigenvalue weighted by Gasteiger charge is -2.20. The third kappa shape index (κ3) is 3.56. The molecule has 6 nitrogen and oxygen atoms in total. The highest BCUT2D eigenvalue weighted by Gasteiger charge is 2.30. The number of nitrogens with one attached hydrogen (secondary N) is 1. The quantitative estimate of drug-likeness (QED) is 0.907. The molecule has 1 amide bonds. The zero-order chi connectivity index (χ0) is 18.0. The zero-order valence-electron chi connectivity index (χ0n) is 14.0. The number of likely N-dealkylation sites (N-methyl/N-ethyl adjacent to an activating group) is 1. The summed E-state index contributed by atoms with van der Waals surface area (Å²) >= 11 is 0. The van der Waals surface area contributed by atoms with Gasteiger partial charge in [0.2, 0.25) is 5.91 Å². The fraction of sp³-hybridized carbons (Fsp3) is 0.222. The number of carbonyl (C=O) groups excluding carboxylic acids is 1. The molecule has 1 aliphatic rings. The smallest absolute Gasteiger partial charge is 0.285 e. The molecule has 3 rings (SSSR count). The number of hydrogen-bond donors (Lipinski definition) is 1. The summed E-state index contributed by atoms with van der Waals surface area (Å²) in [5.74, 6) is 0.0847. The molecule has 2 aromatic carbocycles. The molecular formula is C18H19N3O3S. The summed E-state index contributed by atoms with van der Waals surface area (Å²) in [7, 11) is -2.03. The average molecular weight is 357 g/mol. The van der Waals surface area contributed by atoms with Crippen molar-refractivity contribution in [1.82, 2.24) is 10.2 Å². The van der Waals surface area contributed by atoms with E-state index < -0.39 is 10.0 Å². The van der Waals surface area contributed by atoms with E-state index in [2.05, 4.69) is 9.71 Å². The predicted molar refractivity (Wildman–Crippen MR) is 95.8 cm³/mol. The molecule has 1 aliphatic heterocycles. The largest absolute Gasteiger partial charge is 0.349 e. The van der Waals surface area contributed by atoms with Gasteiger partial charge < -0.3 is 10.2 Å². The highest BCUT2D eigenvalue weighted by atomic mass is 32.2. The van der Waals surface area contributed by atoms with Crippen LogP contribution in [-0.4, -0.2) is 38.7 Å². The topological polar surface area (TPSA) is 78.8 Å². The lowest BCUT2D eigenvalue weighted by Crippen LogP contribution is -2.39. The molecule has 7 heteroatoms. The molecule has 0 aliphatic carbocycles. The minimum atomic E-state index is -3.69. The summed E-state index contributed by atoms with van der Waals surface area (Å²) in [4.78, 5) is 14.0. The van der Waals surface area contributed by atoms with E-state index in [1.54, 1.807) is 30.1 Å². The molecular weight excluding hydrogens is 338 g/mol. The Morgan fingerprint density at radius 1 is 1.12 bits per heavy atom. The molecule has 0 bridgehead atoms. The minimum absolute atomic E-state index is 0.0138. The van der Waals surface area contributed by atoms with Gasteiger partial charge in [-0.2, -0.15) is 8.42 Å². The van der Waals surface area contributed by atoms with Gasteiger partial charge in [-0.25, -0.2) is 0 Å². The normalized spacial score (nSPS) is 15.8. The van der Waals surface area contributed by atoms with Crippen LogP contribution in [0.3, 0.4) is 0 Å². The summed E-state index contributed by atoms with van der Waals surface area (Å²) in [6.07, 6.45) is 0. The number of carbonyl (C=O) groups is 1. The fourth-order valence-corrected chi connectivity index (χ4v) is 4.02. The average Bonchev–Trinajstić information content (AvgIpc) is 2.87. The lowest BCUT2D eigenvalue weighted by atomic mass is 10.1. The standard InChI is InChI=1S/C18H19N3O3S/c1-13(14-8-4-3-5-9-14)19-17(22)12-21(2)18-15-10-6-7-11-16(15)25(23,24)20-18/h3-11,13H,12H2,1-2H3,(H,19,22)/t13-/m0/s1. The van der Waals surface area contributed by atoms with Gasteiger partial charge in [0.1, 0.15) is 4.90 Å². The van der Waals surface area contributed by atoms with Gasteiger partial charge >= 0.3 is 0 Å². The van der Waals surface area contributed by atoms with Gasteiger partial charge in [-0.05, 0) is 24.6 Å². The van der Waals surface area contributed by atoms with Crippen molar-refractivity contribution in [2.45, 2.75) is 17.9 Å². The van der Waals surface area contributed by atoms with Gasteiger partial charge in [0.15, 0.2) is 5.84 Å². The molecule has 1 atom stereocenters. The summed E-state index contributed by atoms with van der Waals surface area (Å²) < 4.78 is 28.0. The third-order valence-corrected chi connectivity index (χ3v) is 5.36. The maximum Gasteiger partial charge on any atom is 0.285 e. The van der Waals surface area contributed by atoms with E-state index in [1.165, 1.54) is 6.07 Å². The lowest BCUT2D eigenvalue weighted by molar-refractivity contribution is -0.121. The van der Waals surface area contributed by atoms with Crippen LogP contribution in [-0.2, 0) is 14.8 Å². The van der Waals surface area contributed by atoms with Crippen LogP contribution in [0.15, 0.2) is 63.9 Å². The Bertz CT molecular complexity index is 924. The number of fused-ring (bicyclic) bond motifs is 1. The van der Waals surface area contributed by atoms with Crippen LogP contribution in [0.2, 0.25) is 0 Å². The van der Waals surface area contributed by atoms with Crippen molar-refractivity contribution >= 4 is 21.8 Å². The van der Waals surface area contributed by atoms with Gasteiger partial charge in [0.25, 0.3) is 10.0 Å². The van der Waals surface area contributed by atoms with E-state index in [0.717, 1.165) is 5.56 Å². The number of hydrogen-bond acceptors (Lipinski definition) is 4. The monoisotopic (exact) mass is 357 g/mol. The summed E-state index contributed by atoms with van der Waals surface area (Å²) in [5.41, 5.74) is 1.53. The van der Waals surface area contributed by atoms with Crippen LogP contribution in [0.1, 0.15) is 24.1 Å². The van der Waals surface area contributed by atoms with Gasteiger partial charge in [0, 0.05) is 12.6 Å². The molecule has 25 heavy (non-hydrogen) atoms. The highest BCUT2D eigenvalue weighted by Crippen LogP contribution is 2.26. The van der Waals surface area contributed by atoms with Crippen LogP contribution in [0.25, 0.3) is 0 Å². The molecule has 1 heterocycles. The van der Waals surface area contributed by atoms with Crippen molar-refractivity contribution in [3.05, 3.63) is 65.7 Å². The van der Waals surface area contributed by atoms with Gasteiger partial charge in [-0.15, -0.1) is 4.40 Å². The molecule has 0 saturated carbocycles. The number of benzene rings is 2. The van der Waals surface area contributed by atoms with Crippen molar-refractivity contribution in [3.63, 3.8) is 0 Å². The maximum absolute atomic E-state index is 12.3. The second kappa shape index (κ2) is 6.68. The number of amides is 1. The number of nitrogens with zero attached hydrogens (tertiary/aromatic N) is 2. The highest BCUT2D eigenvalue weighted by molar-refractivity contribution is 7.90. The number of sulfonamides is 1. The molecule has 0 radical (unpaired) electrons. The SMILES string of the molecule is C[C@H](NC(=O)CN(C)C1=NS(=O)(=O)c2ccccc21)c1ccccc1. The number of rotatable bonds is 4. The zero-order valence-corrected chi connectivity index (χ0v) is 14.8. The van der Waals surface area contributed by atoms with E-state index in [4.69, 9.17) is 0 Å². The second-order valence-corrected chi connectivity index (χ2v) is 7.51. The molecule has 2 aromatic rings. The van der Waals surface area contributed by atoms with E-state index in [9.17, 15) is 13.2 Å². The Hall–Kier alpha value is -2.67. The van der Waals surface area contributed by atoms with Crippen LogP contribution >= 0.6 is 0 Å². The molecule has 1 N–H and O–H groups in total. The fourth-order valence-electron chi connectivity index (χ4n) is 2.77. The second-order valence-electron chi connectivity index (χ2n) is 5.94. The van der Waals surface area contributed by atoms with Gasteiger partial charge in [-0.1, -0.05) is 42.5 Å². The molecule has 0 aromatic heterocycles. The molecule has 0 fully saturated rings. The first-order chi connectivity index (χ1) is 11.9. The number of amidine groups is 1. The Kier molecular flexibility index (Phi) is 4.59. The van der Waals surface area contributed by atoms with E-state index in [0.29, 0.717) is 5.56 Å². The van der Waals surface area contributed by atoms with Crippen molar-refractivity contribution in [3.8, 4) is 0 Å².